The molecule has 0 spiro atoms. The summed E-state index contributed by atoms with van der Waals surface area (Å²) < 4.78 is 5.00. The van der Waals surface area contributed by atoms with Crippen molar-refractivity contribution in [1.82, 2.24) is 0 Å². The molecule has 0 heterocycles. The van der Waals surface area contributed by atoms with E-state index in [1.807, 2.05) is 0 Å². The highest BCUT2D eigenvalue weighted by Gasteiger charge is 2.24. The highest BCUT2D eigenvalue weighted by Crippen LogP contribution is 2.25. The molecule has 0 atom stereocenters. The summed E-state index contributed by atoms with van der Waals surface area (Å²) in [5.74, 6) is 0.757. The molecule has 0 saturated carbocycles. The molecule has 12 heavy (non-hydrogen) atoms. The van der Waals surface area contributed by atoms with E-state index < -0.39 is 0 Å². The van der Waals surface area contributed by atoms with Crippen molar-refractivity contribution in [3.63, 3.8) is 0 Å². The maximum Gasteiger partial charge on any atom is 0.163 e. The SMILES string of the molecule is COC1=C(CC(C)=O)C(=O)CC1. The molecule has 3 nitrogen and oxygen atoms in total. The molecule has 0 aromatic rings. The number of ketones is 2. The van der Waals surface area contributed by atoms with Crippen molar-refractivity contribution < 1.29 is 14.3 Å². The first kappa shape index (κ1) is 8.97. The fourth-order valence-corrected chi connectivity index (χ4v) is 1.36. The Morgan fingerprint density at radius 3 is 2.67 bits per heavy atom. The Labute approximate surface area is 71.4 Å². The fourth-order valence-electron chi connectivity index (χ4n) is 1.36. The van der Waals surface area contributed by atoms with E-state index in [1.165, 1.54) is 14.0 Å². The Morgan fingerprint density at radius 1 is 1.50 bits per heavy atom. The average Bonchev–Trinajstić information content (AvgIpc) is 2.32. The summed E-state index contributed by atoms with van der Waals surface area (Å²) in [4.78, 5) is 22.0. The Bertz CT molecular complexity index is 250. The maximum absolute atomic E-state index is 11.2. The Kier molecular flexibility index (Phi) is 2.63. The lowest BCUT2D eigenvalue weighted by atomic mass is 10.1. The zero-order valence-electron chi connectivity index (χ0n) is 7.35. The molecule has 0 aliphatic heterocycles. The molecule has 66 valence electrons. The lowest BCUT2D eigenvalue weighted by Crippen LogP contribution is -2.02. The molecule has 0 aromatic heterocycles. The summed E-state index contributed by atoms with van der Waals surface area (Å²) in [7, 11) is 1.54. The molecular weight excluding hydrogens is 156 g/mol. The Morgan fingerprint density at radius 2 is 2.17 bits per heavy atom. The van der Waals surface area contributed by atoms with Crippen LogP contribution in [0.4, 0.5) is 0 Å². The van der Waals surface area contributed by atoms with Crippen LogP contribution in [0, 0.1) is 0 Å². The predicted octanol–water partition coefficient (Wildman–Crippen LogP) is 1.23. The summed E-state index contributed by atoms with van der Waals surface area (Å²) in [6, 6.07) is 0. The van der Waals surface area contributed by atoms with Crippen molar-refractivity contribution >= 4 is 11.6 Å². The van der Waals surface area contributed by atoms with E-state index in [1.54, 1.807) is 0 Å². The second-order valence-corrected chi connectivity index (χ2v) is 2.91. The molecular formula is C9H12O3. The minimum absolute atomic E-state index is 0.00907. The van der Waals surface area contributed by atoms with Crippen molar-refractivity contribution in [2.45, 2.75) is 26.2 Å². The number of rotatable bonds is 3. The van der Waals surface area contributed by atoms with Crippen molar-refractivity contribution in [3.8, 4) is 0 Å². The number of hydrogen-bond acceptors (Lipinski definition) is 3. The number of carbonyl (C=O) groups is 2. The maximum atomic E-state index is 11.2. The van der Waals surface area contributed by atoms with Gasteiger partial charge in [0.1, 0.15) is 11.5 Å². The van der Waals surface area contributed by atoms with Crippen molar-refractivity contribution in [3.05, 3.63) is 11.3 Å². The first-order valence-electron chi connectivity index (χ1n) is 3.93. The van der Waals surface area contributed by atoms with Gasteiger partial charge in [0.2, 0.25) is 0 Å². The molecule has 0 saturated heterocycles. The van der Waals surface area contributed by atoms with Gasteiger partial charge >= 0.3 is 0 Å². The van der Waals surface area contributed by atoms with Crippen LogP contribution in [-0.2, 0) is 14.3 Å². The quantitative estimate of drug-likeness (QED) is 0.636. The van der Waals surface area contributed by atoms with Crippen LogP contribution in [-0.4, -0.2) is 18.7 Å². The van der Waals surface area contributed by atoms with Gasteiger partial charge in [-0.05, 0) is 6.92 Å². The van der Waals surface area contributed by atoms with E-state index in [0.717, 1.165) is 0 Å². The van der Waals surface area contributed by atoms with Gasteiger partial charge in [0.25, 0.3) is 0 Å². The molecule has 0 N–H and O–H groups in total. The van der Waals surface area contributed by atoms with Gasteiger partial charge in [0.15, 0.2) is 5.78 Å². The largest absolute Gasteiger partial charge is 0.501 e. The van der Waals surface area contributed by atoms with Crippen molar-refractivity contribution in [2.24, 2.45) is 0 Å². The van der Waals surface area contributed by atoms with Gasteiger partial charge in [-0.15, -0.1) is 0 Å². The van der Waals surface area contributed by atoms with Gasteiger partial charge in [0, 0.05) is 24.8 Å². The van der Waals surface area contributed by atoms with Crippen LogP contribution in [0.5, 0.6) is 0 Å². The topological polar surface area (TPSA) is 43.4 Å². The highest BCUT2D eigenvalue weighted by atomic mass is 16.5. The van der Waals surface area contributed by atoms with E-state index in [4.69, 9.17) is 4.74 Å². The molecule has 3 heteroatoms. The second-order valence-electron chi connectivity index (χ2n) is 2.91. The number of carbonyl (C=O) groups excluding carboxylic acids is 2. The van der Waals surface area contributed by atoms with Crippen molar-refractivity contribution in [1.29, 1.82) is 0 Å². The number of allylic oxidation sites excluding steroid dienone is 2. The number of ether oxygens (including phenoxy) is 1. The smallest absolute Gasteiger partial charge is 0.163 e. The minimum Gasteiger partial charge on any atom is -0.501 e. The predicted molar refractivity (Wildman–Crippen MR) is 43.6 cm³/mol. The molecule has 0 fully saturated rings. The summed E-state index contributed by atoms with van der Waals surface area (Å²) in [5.41, 5.74) is 0.574. The summed E-state index contributed by atoms with van der Waals surface area (Å²) in [5, 5.41) is 0. The monoisotopic (exact) mass is 168 g/mol. The molecule has 0 bridgehead atoms. The van der Waals surface area contributed by atoms with E-state index in [0.29, 0.717) is 24.2 Å². The highest BCUT2D eigenvalue weighted by molar-refractivity contribution is 6.02. The van der Waals surface area contributed by atoms with Crippen LogP contribution in [0.1, 0.15) is 26.2 Å². The second kappa shape index (κ2) is 3.52. The summed E-state index contributed by atoms with van der Waals surface area (Å²) >= 11 is 0. The summed E-state index contributed by atoms with van der Waals surface area (Å²) in [6.07, 6.45) is 1.37. The molecule has 1 rings (SSSR count). The van der Waals surface area contributed by atoms with Gasteiger partial charge < -0.3 is 4.74 Å². The molecule has 1 aliphatic rings. The minimum atomic E-state index is 0.00907. The number of methoxy groups -OCH3 is 1. The van der Waals surface area contributed by atoms with E-state index in [2.05, 4.69) is 0 Å². The van der Waals surface area contributed by atoms with Gasteiger partial charge in [-0.2, -0.15) is 0 Å². The number of hydrogen-bond donors (Lipinski definition) is 0. The van der Waals surface area contributed by atoms with E-state index in [9.17, 15) is 9.59 Å². The third-order valence-electron chi connectivity index (χ3n) is 1.92. The normalized spacial score (nSPS) is 17.0. The van der Waals surface area contributed by atoms with Crippen molar-refractivity contribution in [2.75, 3.05) is 7.11 Å². The molecule has 1 aliphatic carbocycles. The standard InChI is InChI=1S/C9H12O3/c1-6(10)5-7-8(11)3-4-9(7)12-2/h3-5H2,1-2H3. The van der Waals surface area contributed by atoms with Crippen LogP contribution in [0.25, 0.3) is 0 Å². The lowest BCUT2D eigenvalue weighted by Gasteiger charge is -2.01. The van der Waals surface area contributed by atoms with Gasteiger partial charge in [-0.1, -0.05) is 0 Å². The van der Waals surface area contributed by atoms with Gasteiger partial charge in [-0.25, -0.2) is 0 Å². The lowest BCUT2D eigenvalue weighted by molar-refractivity contribution is -0.119. The van der Waals surface area contributed by atoms with E-state index >= 15 is 0 Å². The third-order valence-corrected chi connectivity index (χ3v) is 1.92. The van der Waals surface area contributed by atoms with Gasteiger partial charge in [0.05, 0.1) is 7.11 Å². The Hall–Kier alpha value is -1.12. The van der Waals surface area contributed by atoms with Gasteiger partial charge in [-0.3, -0.25) is 9.59 Å². The van der Waals surface area contributed by atoms with Crippen LogP contribution in [0.15, 0.2) is 11.3 Å². The fraction of sp³-hybridized carbons (Fsp3) is 0.556. The molecule has 0 amide bonds. The average molecular weight is 168 g/mol. The molecule has 0 aromatic carbocycles. The van der Waals surface area contributed by atoms with Crippen LogP contribution in [0.3, 0.4) is 0 Å². The molecule has 0 radical (unpaired) electrons. The zero-order chi connectivity index (χ0) is 9.14. The number of Topliss-reactive ketones (excluding diaryl/α,β-unsaturated/α-hetero) is 2. The van der Waals surface area contributed by atoms with Crippen LogP contribution >= 0.6 is 0 Å². The summed E-state index contributed by atoms with van der Waals surface area (Å²) in [6.45, 7) is 1.48. The van der Waals surface area contributed by atoms with E-state index in [-0.39, 0.29) is 18.0 Å². The van der Waals surface area contributed by atoms with Crippen LogP contribution in [0.2, 0.25) is 0 Å². The third kappa shape index (κ3) is 1.72. The van der Waals surface area contributed by atoms with Crippen LogP contribution < -0.4 is 0 Å². The molecule has 0 unspecified atom stereocenters. The first-order valence-corrected chi connectivity index (χ1v) is 3.93. The first-order chi connectivity index (χ1) is 5.65. The Balaban J connectivity index is 2.80. The zero-order valence-corrected chi connectivity index (χ0v) is 7.35.